The minimum absolute atomic E-state index is 0.0288. The van der Waals surface area contributed by atoms with E-state index in [1.807, 2.05) is 0 Å². The summed E-state index contributed by atoms with van der Waals surface area (Å²) in [6.07, 6.45) is 2.83. The summed E-state index contributed by atoms with van der Waals surface area (Å²) in [6, 6.07) is 11.0. The maximum absolute atomic E-state index is 11.9. The Morgan fingerprint density at radius 2 is 1.27 bits per heavy atom. The van der Waals surface area contributed by atoms with E-state index in [9.17, 15) is 25.0 Å². The quantitative estimate of drug-likeness (QED) is 0.364. The van der Waals surface area contributed by atoms with Crippen molar-refractivity contribution in [1.29, 1.82) is 0 Å². The Morgan fingerprint density at radius 3 is 1.73 bits per heavy atom. The topological polar surface area (TPSA) is 103 Å². The predicted octanol–water partition coefficient (Wildman–Crippen LogP) is 3.40. The highest BCUT2D eigenvalue weighted by molar-refractivity contribution is 6.06. The zero-order valence-corrected chi connectivity index (χ0v) is 11.2. The maximum Gasteiger partial charge on any atom is 0.269 e. The molecule has 110 valence electrons. The Bertz CT molecular complexity index is 749. The summed E-state index contributed by atoms with van der Waals surface area (Å²) in [4.78, 5) is 31.9. The lowest BCUT2D eigenvalue weighted by Gasteiger charge is -1.96. The highest BCUT2D eigenvalue weighted by Gasteiger charge is 2.07. The minimum Gasteiger partial charge on any atom is -0.289 e. The lowest BCUT2D eigenvalue weighted by Crippen LogP contribution is -1.95. The fraction of sp³-hybridized carbons (Fsp3) is 0. The highest BCUT2D eigenvalue weighted by Crippen LogP contribution is 2.15. The second-order valence-electron chi connectivity index (χ2n) is 4.35. The van der Waals surface area contributed by atoms with Crippen LogP contribution in [0, 0.1) is 20.2 Å². The third kappa shape index (κ3) is 3.60. The van der Waals surface area contributed by atoms with Crippen molar-refractivity contribution in [3.05, 3.63) is 86.0 Å². The summed E-state index contributed by atoms with van der Waals surface area (Å²) in [5, 5.41) is 21.1. The van der Waals surface area contributed by atoms with E-state index in [0.717, 1.165) is 0 Å². The van der Waals surface area contributed by atoms with E-state index in [4.69, 9.17) is 0 Å². The minimum atomic E-state index is -0.541. The van der Waals surface area contributed by atoms with Crippen LogP contribution in [-0.2, 0) is 0 Å². The molecular weight excluding hydrogens is 288 g/mol. The zero-order valence-electron chi connectivity index (χ0n) is 11.2. The van der Waals surface area contributed by atoms with Crippen LogP contribution in [0.5, 0.6) is 0 Å². The van der Waals surface area contributed by atoms with Crippen LogP contribution < -0.4 is 0 Å². The number of carbonyl (C=O) groups excluding carboxylic acids is 1. The summed E-state index contributed by atoms with van der Waals surface area (Å²) >= 11 is 0. The van der Waals surface area contributed by atoms with E-state index in [-0.39, 0.29) is 17.2 Å². The van der Waals surface area contributed by atoms with Gasteiger partial charge in [0, 0.05) is 29.8 Å². The van der Waals surface area contributed by atoms with Gasteiger partial charge in [0.25, 0.3) is 11.4 Å². The smallest absolute Gasteiger partial charge is 0.269 e. The lowest BCUT2D eigenvalue weighted by atomic mass is 10.1. The third-order valence-corrected chi connectivity index (χ3v) is 2.89. The summed E-state index contributed by atoms with van der Waals surface area (Å²) in [5.41, 5.74) is 0.847. The van der Waals surface area contributed by atoms with Crippen LogP contribution in [-0.4, -0.2) is 15.6 Å². The molecule has 0 heterocycles. The molecule has 22 heavy (non-hydrogen) atoms. The van der Waals surface area contributed by atoms with Gasteiger partial charge in [-0.1, -0.05) is 6.08 Å². The molecule has 0 aliphatic heterocycles. The fourth-order valence-electron chi connectivity index (χ4n) is 1.72. The molecule has 2 aromatic carbocycles. The van der Waals surface area contributed by atoms with E-state index in [2.05, 4.69) is 0 Å². The van der Waals surface area contributed by atoms with Gasteiger partial charge in [-0.05, 0) is 35.9 Å². The number of hydrogen-bond acceptors (Lipinski definition) is 5. The van der Waals surface area contributed by atoms with Crippen molar-refractivity contribution >= 4 is 23.2 Å². The zero-order chi connectivity index (χ0) is 16.1. The standard InChI is InChI=1S/C15H10N2O5/c18-15(12-4-8-14(9-5-12)17(21)22)10-3-11-1-6-13(7-2-11)16(19)20/h1-10H/b10-3+. The van der Waals surface area contributed by atoms with Gasteiger partial charge in [0.15, 0.2) is 5.78 Å². The highest BCUT2D eigenvalue weighted by atomic mass is 16.6. The van der Waals surface area contributed by atoms with Gasteiger partial charge in [-0.25, -0.2) is 0 Å². The molecule has 0 spiro atoms. The van der Waals surface area contributed by atoms with Crippen LogP contribution in [0.25, 0.3) is 6.08 Å². The molecule has 0 aliphatic carbocycles. The van der Waals surface area contributed by atoms with Crippen molar-refractivity contribution in [3.63, 3.8) is 0 Å². The van der Waals surface area contributed by atoms with Gasteiger partial charge in [-0.15, -0.1) is 0 Å². The van der Waals surface area contributed by atoms with Gasteiger partial charge in [0.1, 0.15) is 0 Å². The molecule has 0 bridgehead atoms. The summed E-state index contributed by atoms with van der Waals surface area (Å²) in [7, 11) is 0. The molecule has 0 aliphatic rings. The Labute approximate surface area is 124 Å². The first-order chi connectivity index (χ1) is 10.5. The van der Waals surface area contributed by atoms with E-state index in [1.165, 1.54) is 60.7 Å². The average molecular weight is 298 g/mol. The summed E-state index contributed by atoms with van der Waals surface area (Å²) in [6.45, 7) is 0. The molecule has 7 nitrogen and oxygen atoms in total. The largest absolute Gasteiger partial charge is 0.289 e. The number of carbonyl (C=O) groups is 1. The van der Waals surface area contributed by atoms with E-state index in [0.29, 0.717) is 11.1 Å². The van der Waals surface area contributed by atoms with Crippen LogP contribution in [0.1, 0.15) is 15.9 Å². The summed E-state index contributed by atoms with van der Waals surface area (Å²) in [5.74, 6) is -0.312. The molecule has 0 atom stereocenters. The van der Waals surface area contributed by atoms with Crippen molar-refractivity contribution in [3.8, 4) is 0 Å². The molecular formula is C15H10N2O5. The van der Waals surface area contributed by atoms with Crippen LogP contribution >= 0.6 is 0 Å². The monoisotopic (exact) mass is 298 g/mol. The van der Waals surface area contributed by atoms with Gasteiger partial charge in [0.05, 0.1) is 9.85 Å². The molecule has 7 heteroatoms. The molecule has 0 saturated carbocycles. The number of hydrogen-bond donors (Lipinski definition) is 0. The van der Waals surface area contributed by atoms with E-state index in [1.54, 1.807) is 0 Å². The van der Waals surface area contributed by atoms with Crippen LogP contribution in [0.2, 0.25) is 0 Å². The second-order valence-corrected chi connectivity index (χ2v) is 4.35. The first-order valence-corrected chi connectivity index (χ1v) is 6.19. The second kappa shape index (κ2) is 6.40. The van der Waals surface area contributed by atoms with Crippen molar-refractivity contribution in [2.24, 2.45) is 0 Å². The van der Waals surface area contributed by atoms with Gasteiger partial charge in [-0.3, -0.25) is 25.0 Å². The molecule has 0 radical (unpaired) electrons. The molecule has 0 fully saturated rings. The van der Waals surface area contributed by atoms with E-state index < -0.39 is 9.85 Å². The normalized spacial score (nSPS) is 10.5. The molecule has 2 aromatic rings. The van der Waals surface area contributed by atoms with Crippen LogP contribution in [0.3, 0.4) is 0 Å². The van der Waals surface area contributed by atoms with Crippen molar-refractivity contribution < 1.29 is 14.6 Å². The number of benzene rings is 2. The molecule has 0 N–H and O–H groups in total. The van der Waals surface area contributed by atoms with Gasteiger partial charge in [0.2, 0.25) is 0 Å². The Hall–Kier alpha value is -3.35. The number of nitro groups is 2. The number of rotatable bonds is 5. The third-order valence-electron chi connectivity index (χ3n) is 2.89. The molecule has 0 saturated heterocycles. The first kappa shape index (κ1) is 15.0. The summed E-state index contributed by atoms with van der Waals surface area (Å²) < 4.78 is 0. The lowest BCUT2D eigenvalue weighted by molar-refractivity contribution is -0.385. The van der Waals surface area contributed by atoms with Gasteiger partial charge >= 0.3 is 0 Å². The Kier molecular flexibility index (Phi) is 4.38. The molecule has 0 unspecified atom stereocenters. The van der Waals surface area contributed by atoms with Crippen LogP contribution in [0.4, 0.5) is 11.4 Å². The van der Waals surface area contributed by atoms with Crippen molar-refractivity contribution in [2.75, 3.05) is 0 Å². The van der Waals surface area contributed by atoms with Gasteiger partial charge < -0.3 is 0 Å². The number of nitro benzene ring substituents is 2. The molecule has 0 aromatic heterocycles. The Balaban J connectivity index is 2.10. The van der Waals surface area contributed by atoms with Crippen molar-refractivity contribution in [1.82, 2.24) is 0 Å². The first-order valence-electron chi connectivity index (χ1n) is 6.19. The fourth-order valence-corrected chi connectivity index (χ4v) is 1.72. The predicted molar refractivity (Wildman–Crippen MR) is 79.6 cm³/mol. The number of allylic oxidation sites excluding steroid dienone is 1. The maximum atomic E-state index is 11.9. The average Bonchev–Trinajstić information content (AvgIpc) is 2.53. The number of ketones is 1. The molecule has 0 amide bonds. The van der Waals surface area contributed by atoms with Crippen molar-refractivity contribution in [2.45, 2.75) is 0 Å². The Morgan fingerprint density at radius 1 is 0.818 bits per heavy atom. The number of nitrogens with zero attached hydrogens (tertiary/aromatic N) is 2. The van der Waals surface area contributed by atoms with Gasteiger partial charge in [-0.2, -0.15) is 0 Å². The number of non-ortho nitro benzene ring substituents is 2. The molecule has 2 rings (SSSR count). The van der Waals surface area contributed by atoms with E-state index >= 15 is 0 Å². The SMILES string of the molecule is O=C(/C=C/c1ccc([N+](=O)[O-])cc1)c1ccc([N+](=O)[O-])cc1. The van der Waals surface area contributed by atoms with Crippen LogP contribution in [0.15, 0.2) is 54.6 Å².